The largest absolute Gasteiger partial charge is 0.342 e. The molecule has 0 saturated carbocycles. The molecule has 0 bridgehead atoms. The van der Waals surface area contributed by atoms with Gasteiger partial charge in [-0.25, -0.2) is 12.8 Å². The summed E-state index contributed by atoms with van der Waals surface area (Å²) in [7, 11) is -3.73. The van der Waals surface area contributed by atoms with Crippen molar-refractivity contribution in [3.63, 3.8) is 0 Å². The van der Waals surface area contributed by atoms with Gasteiger partial charge < -0.3 is 14.4 Å². The van der Waals surface area contributed by atoms with Crippen LogP contribution in [0, 0.1) is 11.7 Å². The van der Waals surface area contributed by atoms with Crippen LogP contribution in [-0.2, 0) is 25.3 Å². The van der Waals surface area contributed by atoms with E-state index < -0.39 is 15.8 Å². The molecule has 35 heavy (non-hydrogen) atoms. The van der Waals surface area contributed by atoms with Crippen molar-refractivity contribution in [2.24, 2.45) is 5.92 Å². The molecule has 0 N–H and O–H groups in total. The highest BCUT2D eigenvalue weighted by molar-refractivity contribution is 7.89. The molecular formula is C25H28ClFN2O5S. The maximum Gasteiger partial charge on any atom is 0.243 e. The fourth-order valence-electron chi connectivity index (χ4n) is 5.21. The Labute approximate surface area is 209 Å². The maximum atomic E-state index is 13.3. The van der Waals surface area contributed by atoms with E-state index in [9.17, 15) is 17.6 Å². The second-order valence-electron chi connectivity index (χ2n) is 9.27. The Morgan fingerprint density at radius 1 is 1.06 bits per heavy atom. The molecule has 5 rings (SSSR count). The van der Waals surface area contributed by atoms with E-state index in [0.717, 1.165) is 32.5 Å². The first-order chi connectivity index (χ1) is 16.8. The van der Waals surface area contributed by atoms with Crippen molar-refractivity contribution < 1.29 is 27.1 Å². The Bertz CT molecular complexity index is 1190. The van der Waals surface area contributed by atoms with Crippen LogP contribution in [0.4, 0.5) is 4.39 Å². The zero-order valence-corrected chi connectivity index (χ0v) is 20.9. The number of Topliss-reactive ketones (excluding diaryl/α,β-unsaturated/α-hetero) is 1. The molecule has 2 aromatic rings. The number of piperidine rings is 1. The normalized spacial score (nSPS) is 22.3. The number of ketones is 1. The van der Waals surface area contributed by atoms with Crippen LogP contribution in [0.5, 0.6) is 0 Å². The molecule has 0 radical (unpaired) electrons. The summed E-state index contributed by atoms with van der Waals surface area (Å²) in [4.78, 5) is 15.1. The third kappa shape index (κ3) is 4.90. The van der Waals surface area contributed by atoms with Crippen LogP contribution in [0.2, 0.25) is 5.02 Å². The summed E-state index contributed by atoms with van der Waals surface area (Å²) >= 11 is 6.12. The Morgan fingerprint density at radius 3 is 2.43 bits per heavy atom. The summed E-state index contributed by atoms with van der Waals surface area (Å²) in [5.41, 5.74) is 1.05. The zero-order chi connectivity index (χ0) is 24.6. The summed E-state index contributed by atoms with van der Waals surface area (Å²) in [6.07, 6.45) is 2.10. The summed E-state index contributed by atoms with van der Waals surface area (Å²) < 4.78 is 53.1. The minimum Gasteiger partial charge on any atom is -0.342 e. The van der Waals surface area contributed by atoms with Crippen LogP contribution in [0.1, 0.15) is 35.2 Å². The molecule has 2 saturated heterocycles. The van der Waals surface area contributed by atoms with Crippen LogP contribution in [0.15, 0.2) is 47.4 Å². The highest BCUT2D eigenvalue weighted by Gasteiger charge is 2.50. The van der Waals surface area contributed by atoms with Gasteiger partial charge in [-0.05, 0) is 75.3 Å². The summed E-state index contributed by atoms with van der Waals surface area (Å²) in [6.45, 7) is 3.50. The van der Waals surface area contributed by atoms with E-state index >= 15 is 0 Å². The summed E-state index contributed by atoms with van der Waals surface area (Å²) in [5, 5.41) is 0.348. The van der Waals surface area contributed by atoms with E-state index in [1.165, 1.54) is 22.5 Å². The van der Waals surface area contributed by atoms with E-state index in [4.69, 9.17) is 21.1 Å². The van der Waals surface area contributed by atoms with Gasteiger partial charge in [0.15, 0.2) is 5.78 Å². The molecule has 1 spiro atoms. The molecule has 0 aliphatic carbocycles. The number of hydrogen-bond donors (Lipinski definition) is 0. The topological polar surface area (TPSA) is 76.2 Å². The molecule has 0 atom stereocenters. The number of ether oxygens (including phenoxy) is 2. The van der Waals surface area contributed by atoms with Gasteiger partial charge in [-0.15, -0.1) is 0 Å². The Kier molecular flexibility index (Phi) is 7.00. The number of carbonyl (C=O) groups excluding carboxylic acids is 1. The monoisotopic (exact) mass is 522 g/mol. The molecule has 0 aromatic heterocycles. The first-order valence-electron chi connectivity index (χ1n) is 11.9. The molecule has 3 aliphatic heterocycles. The quantitative estimate of drug-likeness (QED) is 0.539. The first kappa shape index (κ1) is 24.8. The SMILES string of the molecule is O=C(c1ccc(F)cc1)C1CCN(CCCN2CC3(OCCO3)c3ccc(Cl)cc3S2(=O)=O)CC1. The number of halogens is 2. The van der Waals surface area contributed by atoms with Gasteiger partial charge in [0.05, 0.1) is 24.7 Å². The molecule has 0 unspecified atom stereocenters. The Balaban J connectivity index is 1.18. The predicted octanol–water partition coefficient (Wildman–Crippen LogP) is 3.67. The number of fused-ring (bicyclic) bond motifs is 2. The lowest BCUT2D eigenvalue weighted by Crippen LogP contribution is -2.50. The van der Waals surface area contributed by atoms with Gasteiger partial charge in [0.2, 0.25) is 15.8 Å². The average Bonchev–Trinajstić information content (AvgIpc) is 3.32. The van der Waals surface area contributed by atoms with Crippen molar-refractivity contribution in [3.05, 3.63) is 64.4 Å². The number of benzene rings is 2. The highest BCUT2D eigenvalue weighted by atomic mass is 35.5. The van der Waals surface area contributed by atoms with Crippen LogP contribution in [0.25, 0.3) is 0 Å². The van der Waals surface area contributed by atoms with Crippen molar-refractivity contribution >= 4 is 27.4 Å². The number of sulfonamides is 1. The molecule has 3 aliphatic rings. The number of likely N-dealkylation sites (tertiary alicyclic amines) is 1. The van der Waals surface area contributed by atoms with Crippen LogP contribution in [0.3, 0.4) is 0 Å². The smallest absolute Gasteiger partial charge is 0.243 e. The van der Waals surface area contributed by atoms with Crippen molar-refractivity contribution in [1.82, 2.24) is 9.21 Å². The second-order valence-corrected chi connectivity index (χ2v) is 11.6. The van der Waals surface area contributed by atoms with Crippen molar-refractivity contribution in [1.29, 1.82) is 0 Å². The van der Waals surface area contributed by atoms with Crippen LogP contribution >= 0.6 is 11.6 Å². The predicted molar refractivity (Wildman–Crippen MR) is 128 cm³/mol. The lowest BCUT2D eigenvalue weighted by Gasteiger charge is -2.39. The van der Waals surface area contributed by atoms with E-state index in [1.807, 2.05) is 0 Å². The van der Waals surface area contributed by atoms with Crippen molar-refractivity contribution in [2.75, 3.05) is 45.9 Å². The third-order valence-corrected chi connectivity index (χ3v) is 9.20. The lowest BCUT2D eigenvalue weighted by atomic mass is 9.89. The Hall–Kier alpha value is -1.88. The van der Waals surface area contributed by atoms with Gasteiger partial charge in [-0.1, -0.05) is 17.7 Å². The lowest BCUT2D eigenvalue weighted by molar-refractivity contribution is -0.176. The van der Waals surface area contributed by atoms with Gasteiger partial charge in [-0.3, -0.25) is 4.79 Å². The molecule has 188 valence electrons. The van der Waals surface area contributed by atoms with Gasteiger partial charge in [-0.2, -0.15) is 4.31 Å². The average molecular weight is 523 g/mol. The zero-order valence-electron chi connectivity index (χ0n) is 19.3. The maximum absolute atomic E-state index is 13.3. The van der Waals surface area contributed by atoms with Crippen LogP contribution in [-0.4, -0.2) is 69.3 Å². The van der Waals surface area contributed by atoms with Crippen molar-refractivity contribution in [3.8, 4) is 0 Å². The fraction of sp³-hybridized carbons (Fsp3) is 0.480. The standard InChI is InChI=1S/C25H28ClFN2O5S/c26-20-4-7-22-23(16-20)35(31,32)29(17-25(22)33-14-15-34-25)11-1-10-28-12-8-19(9-13-28)24(30)18-2-5-21(27)6-3-18/h2-7,16,19H,1,8-15,17H2. The number of carbonyl (C=O) groups is 1. The Morgan fingerprint density at radius 2 is 1.74 bits per heavy atom. The van der Waals surface area contributed by atoms with E-state index in [0.29, 0.717) is 42.3 Å². The molecule has 0 amide bonds. The van der Waals surface area contributed by atoms with Crippen LogP contribution < -0.4 is 0 Å². The van der Waals surface area contributed by atoms with E-state index in [1.54, 1.807) is 24.3 Å². The minimum absolute atomic E-state index is 0.0586. The van der Waals surface area contributed by atoms with E-state index in [2.05, 4.69) is 4.90 Å². The van der Waals surface area contributed by atoms with Gasteiger partial charge in [0.25, 0.3) is 0 Å². The molecular weight excluding hydrogens is 495 g/mol. The molecule has 3 heterocycles. The number of nitrogens with zero attached hydrogens (tertiary/aromatic N) is 2. The summed E-state index contributed by atoms with van der Waals surface area (Å²) in [5.74, 6) is -1.46. The van der Waals surface area contributed by atoms with Gasteiger partial charge in [0, 0.05) is 28.6 Å². The highest BCUT2D eigenvalue weighted by Crippen LogP contribution is 2.43. The van der Waals surface area contributed by atoms with Gasteiger partial charge in [0.1, 0.15) is 5.82 Å². The van der Waals surface area contributed by atoms with E-state index in [-0.39, 0.29) is 29.0 Å². The fourth-order valence-corrected chi connectivity index (χ4v) is 7.21. The number of rotatable bonds is 6. The second kappa shape index (κ2) is 9.88. The molecule has 7 nitrogen and oxygen atoms in total. The molecule has 2 aromatic carbocycles. The molecule has 10 heteroatoms. The third-order valence-electron chi connectivity index (χ3n) is 7.08. The summed E-state index contributed by atoms with van der Waals surface area (Å²) in [6, 6.07) is 10.5. The minimum atomic E-state index is -3.73. The number of hydrogen-bond acceptors (Lipinski definition) is 6. The molecule has 2 fully saturated rings. The first-order valence-corrected chi connectivity index (χ1v) is 13.7. The van der Waals surface area contributed by atoms with Gasteiger partial charge >= 0.3 is 0 Å². The van der Waals surface area contributed by atoms with Crippen molar-refractivity contribution in [2.45, 2.75) is 29.9 Å².